The van der Waals surface area contributed by atoms with Gasteiger partial charge < -0.3 is 10.6 Å². The van der Waals surface area contributed by atoms with Gasteiger partial charge in [-0.15, -0.1) is 5.10 Å². The summed E-state index contributed by atoms with van der Waals surface area (Å²) >= 11 is 0. The van der Waals surface area contributed by atoms with Crippen molar-refractivity contribution in [2.75, 3.05) is 18.4 Å². The van der Waals surface area contributed by atoms with Gasteiger partial charge in [0.1, 0.15) is 0 Å². The van der Waals surface area contributed by atoms with Gasteiger partial charge in [-0.1, -0.05) is 17.3 Å². The third-order valence-corrected chi connectivity index (χ3v) is 3.23. The normalized spacial score (nSPS) is 19.7. The molecule has 2 heterocycles. The summed E-state index contributed by atoms with van der Waals surface area (Å²) in [5.41, 5.74) is 2.15. The first-order valence-electron chi connectivity index (χ1n) is 6.36. The lowest BCUT2D eigenvalue weighted by molar-refractivity contribution is 0.479. The van der Waals surface area contributed by atoms with E-state index in [1.807, 2.05) is 24.4 Å². The van der Waals surface area contributed by atoms with Crippen LogP contribution in [0.4, 0.5) is 5.69 Å². The van der Waals surface area contributed by atoms with Gasteiger partial charge in [0.25, 0.3) is 0 Å². The Labute approximate surface area is 106 Å². The van der Waals surface area contributed by atoms with Crippen molar-refractivity contribution in [2.24, 2.45) is 0 Å². The molecular formula is C13H17N5. The number of aromatic nitrogens is 3. The summed E-state index contributed by atoms with van der Waals surface area (Å²) < 4.78 is 1.79. The molecule has 0 spiro atoms. The van der Waals surface area contributed by atoms with Crippen LogP contribution in [-0.4, -0.2) is 34.1 Å². The Bertz CT molecular complexity index is 488. The summed E-state index contributed by atoms with van der Waals surface area (Å²) in [6.45, 7) is 2.15. The van der Waals surface area contributed by atoms with Crippen LogP contribution in [0.25, 0.3) is 5.69 Å². The van der Waals surface area contributed by atoms with E-state index < -0.39 is 0 Å². The molecule has 18 heavy (non-hydrogen) atoms. The zero-order valence-corrected chi connectivity index (χ0v) is 10.2. The van der Waals surface area contributed by atoms with Crippen LogP contribution in [0.1, 0.15) is 12.8 Å². The Morgan fingerprint density at radius 1 is 1.33 bits per heavy atom. The molecule has 1 atom stereocenters. The van der Waals surface area contributed by atoms with Gasteiger partial charge in [0.15, 0.2) is 0 Å². The van der Waals surface area contributed by atoms with Crippen LogP contribution in [0.15, 0.2) is 36.7 Å². The minimum atomic E-state index is 0.489. The van der Waals surface area contributed by atoms with Gasteiger partial charge in [0.2, 0.25) is 0 Å². The minimum absolute atomic E-state index is 0.489. The average Bonchev–Trinajstić information content (AvgIpc) is 2.94. The largest absolute Gasteiger partial charge is 0.379 e. The molecule has 0 bridgehead atoms. The Morgan fingerprint density at radius 3 is 3.06 bits per heavy atom. The van der Waals surface area contributed by atoms with Crippen LogP contribution in [0, 0.1) is 0 Å². The standard InChI is InChI=1S/C13H17N5/c1-2-6-13(18-9-8-15-17-18)12(5-1)16-11-4-3-7-14-10-11/h1-2,5-6,8-9,11,14,16H,3-4,7,10H2. The van der Waals surface area contributed by atoms with Gasteiger partial charge in [0, 0.05) is 12.6 Å². The Balaban J connectivity index is 1.83. The fourth-order valence-electron chi connectivity index (χ4n) is 2.33. The zero-order valence-electron chi connectivity index (χ0n) is 10.2. The molecule has 94 valence electrons. The molecule has 0 radical (unpaired) electrons. The maximum absolute atomic E-state index is 4.05. The lowest BCUT2D eigenvalue weighted by atomic mass is 10.1. The molecule has 3 rings (SSSR count). The Morgan fingerprint density at radius 2 is 2.28 bits per heavy atom. The fourth-order valence-corrected chi connectivity index (χ4v) is 2.33. The van der Waals surface area contributed by atoms with Gasteiger partial charge >= 0.3 is 0 Å². The molecular weight excluding hydrogens is 226 g/mol. The second-order valence-electron chi connectivity index (χ2n) is 4.55. The van der Waals surface area contributed by atoms with E-state index in [1.165, 1.54) is 12.8 Å². The number of benzene rings is 1. The SMILES string of the molecule is c1ccc(-n2ccnn2)c(NC2CCCNC2)c1. The molecule has 1 aliphatic heterocycles. The van der Waals surface area contributed by atoms with Gasteiger partial charge in [-0.25, -0.2) is 4.68 Å². The summed E-state index contributed by atoms with van der Waals surface area (Å²) in [6, 6.07) is 8.68. The van der Waals surface area contributed by atoms with Gasteiger partial charge in [-0.05, 0) is 31.5 Å². The third kappa shape index (κ3) is 2.36. The lowest BCUT2D eigenvalue weighted by Crippen LogP contribution is -2.38. The van der Waals surface area contributed by atoms with Crippen LogP contribution in [0.5, 0.6) is 0 Å². The number of hydrogen-bond acceptors (Lipinski definition) is 4. The third-order valence-electron chi connectivity index (χ3n) is 3.23. The summed E-state index contributed by atoms with van der Waals surface area (Å²) in [6.07, 6.45) is 5.99. The van der Waals surface area contributed by atoms with Gasteiger partial charge in [-0.3, -0.25) is 0 Å². The van der Waals surface area contributed by atoms with Crippen LogP contribution in [-0.2, 0) is 0 Å². The highest BCUT2D eigenvalue weighted by atomic mass is 15.4. The molecule has 5 nitrogen and oxygen atoms in total. The minimum Gasteiger partial charge on any atom is -0.379 e. The predicted molar refractivity (Wildman–Crippen MR) is 70.9 cm³/mol. The van der Waals surface area contributed by atoms with Crippen molar-refractivity contribution in [3.05, 3.63) is 36.7 Å². The first-order chi connectivity index (χ1) is 8.93. The number of nitrogens with one attached hydrogen (secondary N) is 2. The summed E-state index contributed by atoms with van der Waals surface area (Å²) in [5.74, 6) is 0. The molecule has 1 saturated heterocycles. The van der Waals surface area contributed by atoms with Crippen LogP contribution in [0.3, 0.4) is 0 Å². The van der Waals surface area contributed by atoms with Crippen molar-refractivity contribution in [1.29, 1.82) is 0 Å². The first-order valence-corrected chi connectivity index (χ1v) is 6.36. The van der Waals surface area contributed by atoms with Crippen molar-refractivity contribution in [1.82, 2.24) is 20.3 Å². The van der Waals surface area contributed by atoms with Crippen molar-refractivity contribution in [3.63, 3.8) is 0 Å². The van der Waals surface area contributed by atoms with E-state index in [2.05, 4.69) is 27.0 Å². The molecule has 5 heteroatoms. The number of anilines is 1. The predicted octanol–water partition coefficient (Wildman–Crippen LogP) is 1.43. The maximum atomic E-state index is 4.05. The molecule has 1 unspecified atom stereocenters. The quantitative estimate of drug-likeness (QED) is 0.856. The highest BCUT2D eigenvalue weighted by Crippen LogP contribution is 2.20. The first kappa shape index (κ1) is 11.2. The number of piperidine rings is 1. The van der Waals surface area contributed by atoms with Crippen molar-refractivity contribution in [2.45, 2.75) is 18.9 Å². The van der Waals surface area contributed by atoms with E-state index >= 15 is 0 Å². The molecule has 2 N–H and O–H groups in total. The summed E-state index contributed by atoms with van der Waals surface area (Å²) in [7, 11) is 0. The van der Waals surface area contributed by atoms with E-state index in [0.717, 1.165) is 24.5 Å². The van der Waals surface area contributed by atoms with Crippen LogP contribution in [0.2, 0.25) is 0 Å². The zero-order chi connectivity index (χ0) is 12.2. The topological polar surface area (TPSA) is 54.8 Å². The number of nitrogens with zero attached hydrogens (tertiary/aromatic N) is 3. The molecule has 1 aromatic carbocycles. The van der Waals surface area contributed by atoms with Crippen molar-refractivity contribution in [3.8, 4) is 5.69 Å². The van der Waals surface area contributed by atoms with Crippen molar-refractivity contribution >= 4 is 5.69 Å². The number of hydrogen-bond donors (Lipinski definition) is 2. The summed E-state index contributed by atoms with van der Waals surface area (Å²) in [4.78, 5) is 0. The number of rotatable bonds is 3. The van der Waals surface area contributed by atoms with Gasteiger partial charge in [-0.2, -0.15) is 0 Å². The van der Waals surface area contributed by atoms with E-state index in [4.69, 9.17) is 0 Å². The highest BCUT2D eigenvalue weighted by molar-refractivity contribution is 5.61. The molecule has 1 fully saturated rings. The van der Waals surface area contributed by atoms with Crippen LogP contribution >= 0.6 is 0 Å². The highest BCUT2D eigenvalue weighted by Gasteiger charge is 2.14. The molecule has 0 saturated carbocycles. The van der Waals surface area contributed by atoms with Crippen molar-refractivity contribution < 1.29 is 0 Å². The smallest absolute Gasteiger partial charge is 0.0894 e. The van der Waals surface area contributed by atoms with Crippen LogP contribution < -0.4 is 10.6 Å². The fraction of sp³-hybridized carbons (Fsp3) is 0.385. The monoisotopic (exact) mass is 243 g/mol. The van der Waals surface area contributed by atoms with E-state index in [0.29, 0.717) is 6.04 Å². The lowest BCUT2D eigenvalue weighted by Gasteiger charge is -2.25. The number of para-hydroxylation sites is 2. The molecule has 1 aliphatic rings. The molecule has 1 aromatic heterocycles. The summed E-state index contributed by atoms with van der Waals surface area (Å²) in [5, 5.41) is 14.9. The molecule has 0 amide bonds. The van der Waals surface area contributed by atoms with E-state index in [9.17, 15) is 0 Å². The maximum Gasteiger partial charge on any atom is 0.0894 e. The molecule has 0 aliphatic carbocycles. The average molecular weight is 243 g/mol. The Kier molecular flexibility index (Phi) is 3.23. The van der Waals surface area contributed by atoms with Gasteiger partial charge in [0.05, 0.1) is 23.8 Å². The molecule has 2 aromatic rings. The second kappa shape index (κ2) is 5.18. The second-order valence-corrected chi connectivity index (χ2v) is 4.55. The van der Waals surface area contributed by atoms with E-state index in [-0.39, 0.29) is 0 Å². The van der Waals surface area contributed by atoms with E-state index in [1.54, 1.807) is 10.9 Å². The Hall–Kier alpha value is -1.88.